The van der Waals surface area contributed by atoms with E-state index in [1.165, 1.54) is 0 Å². The third-order valence-corrected chi connectivity index (χ3v) is 0. The summed E-state index contributed by atoms with van der Waals surface area (Å²) in [5.41, 5.74) is 0. The van der Waals surface area contributed by atoms with Crippen LogP contribution in [0.25, 0.3) is 0 Å². The predicted molar refractivity (Wildman–Crippen MR) is 40.9 cm³/mol. The van der Waals surface area contributed by atoms with Gasteiger partial charge in [0, 0.05) is 11.0 Å². The van der Waals surface area contributed by atoms with Crippen molar-refractivity contribution in [2.45, 2.75) is 0 Å². The molecule has 0 saturated carbocycles. The van der Waals surface area contributed by atoms with Crippen molar-refractivity contribution in [3.8, 4) is 0 Å². The predicted octanol–water partition coefficient (Wildman–Crippen LogP) is -1.77. The van der Waals surface area contributed by atoms with Crippen LogP contribution >= 0.6 is 0 Å². The molecule has 0 fully saturated rings. The molecule has 16 nitrogen and oxygen atoms in total. The van der Waals surface area contributed by atoms with Gasteiger partial charge in [-0.05, 0) is 0 Å². The summed E-state index contributed by atoms with van der Waals surface area (Å²) in [5, 5.41) is 54.6. The van der Waals surface area contributed by atoms with E-state index >= 15 is 0 Å². The molecule has 0 aromatic carbocycles. The standard InChI is InChI=1S/4HNO3.Si/c4*2-1(3)4;/h4*(H,2,3,4);. The zero-order valence-electron chi connectivity index (χ0n) is 7.34. The molecule has 0 rings (SSSR count). The molecule has 17 heteroatoms. The van der Waals surface area contributed by atoms with Crippen LogP contribution in [-0.4, -0.2) is 52.1 Å². The Morgan fingerprint density at radius 3 is 0.529 bits per heavy atom. The van der Waals surface area contributed by atoms with Gasteiger partial charge in [0.05, 0.1) is 0 Å². The van der Waals surface area contributed by atoms with Crippen molar-refractivity contribution < 1.29 is 41.2 Å². The Kier molecular flexibility index (Phi) is 39.7. The minimum absolute atomic E-state index is 0. The van der Waals surface area contributed by atoms with Gasteiger partial charge in [-0.15, -0.1) is 40.5 Å². The van der Waals surface area contributed by atoms with Crippen LogP contribution in [0.5, 0.6) is 0 Å². The maximum Gasteiger partial charge on any atom is 0.291 e. The van der Waals surface area contributed by atoms with Gasteiger partial charge in [-0.3, -0.25) is 0 Å². The van der Waals surface area contributed by atoms with Crippen molar-refractivity contribution in [3.05, 3.63) is 40.5 Å². The minimum Gasteiger partial charge on any atom is -0.328 e. The summed E-state index contributed by atoms with van der Waals surface area (Å²) < 4.78 is 0. The van der Waals surface area contributed by atoms with Gasteiger partial charge in [-0.2, -0.15) is 0 Å². The Balaban J connectivity index is -0.0000000369. The zero-order chi connectivity index (χ0) is 14.3. The molecular weight excluding hydrogens is 276 g/mol. The average Bonchev–Trinajstić information content (AvgIpc) is 1.76. The van der Waals surface area contributed by atoms with Gasteiger partial charge in [0.2, 0.25) is 0 Å². The summed E-state index contributed by atoms with van der Waals surface area (Å²) >= 11 is 0. The van der Waals surface area contributed by atoms with Crippen LogP contribution in [0.1, 0.15) is 0 Å². The van der Waals surface area contributed by atoms with Crippen LogP contribution in [0.4, 0.5) is 0 Å². The topological polar surface area (TPSA) is 253 Å². The van der Waals surface area contributed by atoms with E-state index in [2.05, 4.69) is 0 Å². The van der Waals surface area contributed by atoms with E-state index in [0.29, 0.717) is 0 Å². The lowest BCUT2D eigenvalue weighted by molar-refractivity contribution is -0.742. The third kappa shape index (κ3) is 178. The molecule has 4 radical (unpaired) electrons. The summed E-state index contributed by atoms with van der Waals surface area (Å²) in [6, 6.07) is 0. The van der Waals surface area contributed by atoms with Crippen molar-refractivity contribution in [2.75, 3.05) is 0 Å². The number of rotatable bonds is 0. The summed E-state index contributed by atoms with van der Waals surface area (Å²) in [4.78, 5) is 33.4. The molecule has 0 saturated heterocycles. The molecule has 0 aliphatic rings. The van der Waals surface area contributed by atoms with Gasteiger partial charge in [-0.25, -0.2) is 0 Å². The average molecular weight is 280 g/mol. The minimum atomic E-state index is -1.50. The summed E-state index contributed by atoms with van der Waals surface area (Å²) in [5.74, 6) is 0. The van der Waals surface area contributed by atoms with Crippen LogP contribution in [0.2, 0.25) is 0 Å². The highest BCUT2D eigenvalue weighted by molar-refractivity contribution is 5.75. The van der Waals surface area contributed by atoms with E-state index in [9.17, 15) is 0 Å². The Morgan fingerprint density at radius 1 is 0.529 bits per heavy atom. The lowest BCUT2D eigenvalue weighted by atomic mass is 13.1. The SMILES string of the molecule is O=[N+]([O-])O.O=[N+]([O-])O.O=[N+]([O-])O.O=[N+]([O-])O.[Si]. The largest absolute Gasteiger partial charge is 0.328 e. The molecule has 17 heavy (non-hydrogen) atoms. The Hall–Kier alpha value is -2.98. The molecular formula is H4N4O12Si. The fourth-order valence-corrected chi connectivity index (χ4v) is 0. The molecule has 0 amide bonds. The Labute approximate surface area is 93.8 Å². The fourth-order valence-electron chi connectivity index (χ4n) is 0. The molecule has 0 atom stereocenters. The van der Waals surface area contributed by atoms with Crippen LogP contribution in [0.15, 0.2) is 0 Å². The van der Waals surface area contributed by atoms with Crippen molar-refractivity contribution in [2.24, 2.45) is 0 Å². The highest BCUT2D eigenvalue weighted by atomic mass is 28.1. The second-order valence-electron chi connectivity index (χ2n) is 0.951. The lowest BCUT2D eigenvalue weighted by Gasteiger charge is -1.56. The van der Waals surface area contributed by atoms with Gasteiger partial charge in [0.25, 0.3) is 20.3 Å². The molecule has 0 aromatic heterocycles. The second kappa shape index (κ2) is 23.1. The van der Waals surface area contributed by atoms with E-state index in [-0.39, 0.29) is 11.0 Å². The molecule has 4 N–H and O–H groups in total. The molecule has 0 aliphatic heterocycles. The van der Waals surface area contributed by atoms with Crippen LogP contribution in [0, 0.1) is 40.5 Å². The van der Waals surface area contributed by atoms with Crippen molar-refractivity contribution in [1.29, 1.82) is 0 Å². The zero-order valence-corrected chi connectivity index (χ0v) is 8.34. The van der Waals surface area contributed by atoms with Crippen molar-refractivity contribution in [3.63, 3.8) is 0 Å². The molecule has 0 unspecified atom stereocenters. The second-order valence-corrected chi connectivity index (χ2v) is 0.951. The molecule has 100 valence electrons. The first-order valence-electron chi connectivity index (χ1n) is 2.26. The normalized spacial score (nSPS) is 5.65. The molecule has 0 aromatic rings. The molecule has 0 bridgehead atoms. The fraction of sp³-hybridized carbons (Fsp3) is 0. The monoisotopic (exact) mass is 280 g/mol. The van der Waals surface area contributed by atoms with Crippen molar-refractivity contribution >= 4 is 11.0 Å². The van der Waals surface area contributed by atoms with Gasteiger partial charge in [-0.1, -0.05) is 0 Å². The molecule has 0 aliphatic carbocycles. The summed E-state index contributed by atoms with van der Waals surface area (Å²) in [6.07, 6.45) is 0. The summed E-state index contributed by atoms with van der Waals surface area (Å²) in [7, 11) is 0. The summed E-state index contributed by atoms with van der Waals surface area (Å²) in [6.45, 7) is 0. The smallest absolute Gasteiger partial charge is 0.291 e. The van der Waals surface area contributed by atoms with Gasteiger partial charge < -0.3 is 20.8 Å². The van der Waals surface area contributed by atoms with E-state index in [0.717, 1.165) is 0 Å². The lowest BCUT2D eigenvalue weighted by Crippen LogP contribution is -1.81. The van der Waals surface area contributed by atoms with E-state index in [4.69, 9.17) is 61.3 Å². The van der Waals surface area contributed by atoms with E-state index in [1.54, 1.807) is 0 Å². The maximum absolute atomic E-state index is 8.36. The number of nitrogens with zero attached hydrogens (tertiary/aromatic N) is 4. The highest BCUT2D eigenvalue weighted by Gasteiger charge is 1.66. The van der Waals surface area contributed by atoms with Gasteiger partial charge >= 0.3 is 0 Å². The molecule has 0 spiro atoms. The number of hydrogen-bond acceptors (Lipinski definition) is 8. The first kappa shape index (κ1) is 29.2. The first-order valence-corrected chi connectivity index (χ1v) is 2.26. The van der Waals surface area contributed by atoms with Crippen LogP contribution in [0.3, 0.4) is 0 Å². The third-order valence-electron chi connectivity index (χ3n) is 0. The van der Waals surface area contributed by atoms with Crippen molar-refractivity contribution in [1.82, 2.24) is 0 Å². The Morgan fingerprint density at radius 2 is 0.529 bits per heavy atom. The molecule has 0 heterocycles. The Bertz CT molecular complexity index is 159. The van der Waals surface area contributed by atoms with Crippen LogP contribution in [-0.2, 0) is 0 Å². The van der Waals surface area contributed by atoms with E-state index in [1.807, 2.05) is 0 Å². The highest BCUT2D eigenvalue weighted by Crippen LogP contribution is 1.39. The van der Waals surface area contributed by atoms with Crippen LogP contribution < -0.4 is 0 Å². The van der Waals surface area contributed by atoms with Gasteiger partial charge in [0.15, 0.2) is 0 Å². The quantitative estimate of drug-likeness (QED) is 0.218. The van der Waals surface area contributed by atoms with Gasteiger partial charge in [0.1, 0.15) is 0 Å². The first-order chi connectivity index (χ1) is 6.93. The maximum atomic E-state index is 8.36. The van der Waals surface area contributed by atoms with E-state index < -0.39 is 20.3 Å². The number of hydrogen-bond donors (Lipinski definition) is 4.